The van der Waals surface area contributed by atoms with E-state index >= 15 is 0 Å². The van der Waals surface area contributed by atoms with Crippen molar-refractivity contribution in [2.24, 2.45) is 5.73 Å². The van der Waals surface area contributed by atoms with Crippen LogP contribution in [0.15, 0.2) is 54.2 Å². The Bertz CT molecular complexity index is 975. The molecule has 3 aromatic rings. The smallest absolute Gasteiger partial charge is 0.248 e. The van der Waals surface area contributed by atoms with Crippen molar-refractivity contribution in [1.29, 1.82) is 0 Å². The first-order valence-electron chi connectivity index (χ1n) is 10.4. The standard InChI is InChI=1S/C23H27N5OS/c24-23(29)19-6-1-4-17(14-19)16-28(12-10-25-15-21-26-11-13-30-21)20-8-2-5-18-7-3-9-27-22(18)20/h1,3-4,6-7,9,11,13-14,20,25H,2,5,8,10,12,15-16H2,(H2,24,29). The zero-order chi connectivity index (χ0) is 20.8. The molecule has 1 aromatic carbocycles. The van der Waals surface area contributed by atoms with Crippen LogP contribution in [0.2, 0.25) is 0 Å². The molecular formula is C23H27N5OS. The Morgan fingerprint density at radius 3 is 3.00 bits per heavy atom. The number of nitrogens with one attached hydrogen (secondary N) is 1. The van der Waals surface area contributed by atoms with Crippen molar-refractivity contribution in [1.82, 2.24) is 20.2 Å². The van der Waals surface area contributed by atoms with Crippen molar-refractivity contribution < 1.29 is 4.79 Å². The minimum absolute atomic E-state index is 0.272. The molecule has 6 nitrogen and oxygen atoms in total. The summed E-state index contributed by atoms with van der Waals surface area (Å²) in [7, 11) is 0. The summed E-state index contributed by atoms with van der Waals surface area (Å²) in [5.41, 5.74) is 9.67. The fraction of sp³-hybridized carbons (Fsp3) is 0.348. The minimum Gasteiger partial charge on any atom is -0.366 e. The van der Waals surface area contributed by atoms with Gasteiger partial charge in [0.2, 0.25) is 5.91 Å². The molecule has 0 spiro atoms. The lowest BCUT2D eigenvalue weighted by Crippen LogP contribution is -2.36. The van der Waals surface area contributed by atoms with Crippen molar-refractivity contribution in [3.63, 3.8) is 0 Å². The first-order valence-corrected chi connectivity index (χ1v) is 11.2. The van der Waals surface area contributed by atoms with Gasteiger partial charge in [-0.2, -0.15) is 0 Å². The molecule has 1 unspecified atom stereocenters. The highest BCUT2D eigenvalue weighted by molar-refractivity contribution is 7.09. The molecule has 0 radical (unpaired) electrons. The monoisotopic (exact) mass is 421 g/mol. The molecule has 156 valence electrons. The Morgan fingerprint density at radius 1 is 1.23 bits per heavy atom. The van der Waals surface area contributed by atoms with Crippen molar-refractivity contribution in [2.75, 3.05) is 13.1 Å². The van der Waals surface area contributed by atoms with Crippen LogP contribution in [0.1, 0.15) is 51.1 Å². The number of carbonyl (C=O) groups is 1. The number of thiazole rings is 1. The number of pyridine rings is 1. The summed E-state index contributed by atoms with van der Waals surface area (Å²) in [4.78, 5) is 23.2. The number of aromatic nitrogens is 2. The summed E-state index contributed by atoms with van der Waals surface area (Å²) < 4.78 is 0. The maximum atomic E-state index is 11.6. The van der Waals surface area contributed by atoms with Gasteiger partial charge in [-0.25, -0.2) is 4.98 Å². The van der Waals surface area contributed by atoms with E-state index in [1.54, 1.807) is 17.4 Å². The second kappa shape index (κ2) is 9.93. The van der Waals surface area contributed by atoms with Crippen LogP contribution in [0.5, 0.6) is 0 Å². The molecule has 0 aliphatic heterocycles. The Labute approximate surface area is 181 Å². The van der Waals surface area contributed by atoms with E-state index in [9.17, 15) is 4.79 Å². The lowest BCUT2D eigenvalue weighted by atomic mass is 9.90. The minimum atomic E-state index is -0.391. The van der Waals surface area contributed by atoms with Crippen molar-refractivity contribution in [2.45, 2.75) is 38.4 Å². The van der Waals surface area contributed by atoms with E-state index in [1.165, 1.54) is 11.3 Å². The van der Waals surface area contributed by atoms with Gasteiger partial charge >= 0.3 is 0 Å². The van der Waals surface area contributed by atoms with E-state index in [4.69, 9.17) is 10.7 Å². The normalized spacial score (nSPS) is 15.8. The van der Waals surface area contributed by atoms with Crippen LogP contribution in [-0.2, 0) is 19.5 Å². The van der Waals surface area contributed by atoms with E-state index in [0.717, 1.165) is 56.0 Å². The predicted octanol–water partition coefficient (Wildman–Crippen LogP) is 3.31. The van der Waals surface area contributed by atoms with Crippen LogP contribution in [-0.4, -0.2) is 33.9 Å². The van der Waals surface area contributed by atoms with Gasteiger partial charge in [0, 0.05) is 49.5 Å². The van der Waals surface area contributed by atoms with Gasteiger partial charge in [-0.3, -0.25) is 14.7 Å². The molecule has 1 amide bonds. The van der Waals surface area contributed by atoms with E-state index in [0.29, 0.717) is 5.56 Å². The number of aryl methyl sites for hydroxylation is 1. The highest BCUT2D eigenvalue weighted by Crippen LogP contribution is 2.33. The molecule has 7 heteroatoms. The average Bonchev–Trinajstić information content (AvgIpc) is 3.29. The highest BCUT2D eigenvalue weighted by atomic mass is 32.1. The predicted molar refractivity (Wildman–Crippen MR) is 119 cm³/mol. The Hall–Kier alpha value is -2.61. The molecule has 0 saturated carbocycles. The Kier molecular flexibility index (Phi) is 6.84. The van der Waals surface area contributed by atoms with Gasteiger partial charge in [-0.1, -0.05) is 18.2 Å². The third-order valence-electron chi connectivity index (χ3n) is 5.54. The molecule has 1 atom stereocenters. The first kappa shape index (κ1) is 20.7. The first-order chi connectivity index (χ1) is 14.7. The highest BCUT2D eigenvalue weighted by Gasteiger charge is 2.27. The molecule has 4 rings (SSSR count). The fourth-order valence-corrected chi connectivity index (χ4v) is 4.69. The topological polar surface area (TPSA) is 84.1 Å². The lowest BCUT2D eigenvalue weighted by Gasteiger charge is -2.35. The van der Waals surface area contributed by atoms with Gasteiger partial charge < -0.3 is 11.1 Å². The number of nitrogens with zero attached hydrogens (tertiary/aromatic N) is 3. The maximum absolute atomic E-state index is 11.6. The molecule has 1 aliphatic rings. The van der Waals surface area contributed by atoms with Crippen molar-refractivity contribution in [3.8, 4) is 0 Å². The van der Waals surface area contributed by atoms with Gasteiger partial charge in [0.05, 0.1) is 11.7 Å². The number of nitrogens with two attached hydrogens (primary N) is 1. The van der Waals surface area contributed by atoms with E-state index in [2.05, 4.69) is 27.3 Å². The number of benzene rings is 1. The molecule has 30 heavy (non-hydrogen) atoms. The van der Waals surface area contributed by atoms with Crippen molar-refractivity contribution in [3.05, 3.63) is 81.6 Å². The number of hydrogen-bond acceptors (Lipinski definition) is 6. The van der Waals surface area contributed by atoms with Crippen LogP contribution in [0.25, 0.3) is 0 Å². The van der Waals surface area contributed by atoms with Crippen LogP contribution >= 0.6 is 11.3 Å². The van der Waals surface area contributed by atoms with Crippen LogP contribution in [0, 0.1) is 0 Å². The zero-order valence-corrected chi connectivity index (χ0v) is 17.8. The molecule has 2 heterocycles. The number of rotatable bonds is 9. The van der Waals surface area contributed by atoms with Crippen LogP contribution in [0.4, 0.5) is 0 Å². The van der Waals surface area contributed by atoms with Crippen LogP contribution in [0.3, 0.4) is 0 Å². The number of hydrogen-bond donors (Lipinski definition) is 2. The molecule has 3 N–H and O–H groups in total. The number of carbonyl (C=O) groups excluding carboxylic acids is 1. The summed E-state index contributed by atoms with van der Waals surface area (Å²) >= 11 is 1.67. The zero-order valence-electron chi connectivity index (χ0n) is 17.0. The molecule has 0 bridgehead atoms. The van der Waals surface area contributed by atoms with E-state index in [1.807, 2.05) is 36.0 Å². The fourth-order valence-electron chi connectivity index (χ4n) is 4.10. The third kappa shape index (κ3) is 5.11. The SMILES string of the molecule is NC(=O)c1cccc(CN(CCNCc2nccs2)C2CCCc3cccnc32)c1. The molecule has 0 saturated heterocycles. The largest absolute Gasteiger partial charge is 0.366 e. The third-order valence-corrected chi connectivity index (χ3v) is 6.32. The van der Waals surface area contributed by atoms with Crippen molar-refractivity contribution >= 4 is 17.2 Å². The molecule has 0 fully saturated rings. The number of amides is 1. The van der Waals surface area contributed by atoms with Gasteiger partial charge in [-0.05, 0) is 48.6 Å². The number of fused-ring (bicyclic) bond motifs is 1. The van der Waals surface area contributed by atoms with E-state index in [-0.39, 0.29) is 6.04 Å². The Morgan fingerprint density at radius 2 is 2.17 bits per heavy atom. The molecular weight excluding hydrogens is 394 g/mol. The summed E-state index contributed by atoms with van der Waals surface area (Å²) in [6, 6.07) is 12.1. The molecule has 2 aromatic heterocycles. The Balaban J connectivity index is 1.50. The summed E-state index contributed by atoms with van der Waals surface area (Å²) in [6.45, 7) is 3.27. The molecule has 1 aliphatic carbocycles. The van der Waals surface area contributed by atoms with Gasteiger partial charge in [0.15, 0.2) is 0 Å². The maximum Gasteiger partial charge on any atom is 0.248 e. The van der Waals surface area contributed by atoms with Gasteiger partial charge in [-0.15, -0.1) is 11.3 Å². The second-order valence-corrected chi connectivity index (χ2v) is 8.57. The van der Waals surface area contributed by atoms with Gasteiger partial charge in [0.25, 0.3) is 0 Å². The summed E-state index contributed by atoms with van der Waals surface area (Å²) in [5.74, 6) is -0.391. The summed E-state index contributed by atoms with van der Waals surface area (Å²) in [6.07, 6.45) is 7.07. The quantitative estimate of drug-likeness (QED) is 0.518. The van der Waals surface area contributed by atoms with Gasteiger partial charge in [0.1, 0.15) is 5.01 Å². The lowest BCUT2D eigenvalue weighted by molar-refractivity contribution is 0.1000. The summed E-state index contributed by atoms with van der Waals surface area (Å²) in [5, 5.41) is 6.61. The van der Waals surface area contributed by atoms with E-state index < -0.39 is 5.91 Å². The second-order valence-electron chi connectivity index (χ2n) is 7.59. The number of primary amides is 1. The van der Waals surface area contributed by atoms with Crippen LogP contribution < -0.4 is 11.1 Å². The average molecular weight is 422 g/mol.